The normalized spacial score (nSPS) is 19.9. The average molecular weight is 800 g/mol. The molecule has 9 rings (SSSR count). The first kappa shape index (κ1) is 39.5. The number of nitrogens with one attached hydrogen (secondary N) is 1. The highest BCUT2D eigenvalue weighted by molar-refractivity contribution is 6.63. The van der Waals surface area contributed by atoms with Crippen molar-refractivity contribution in [2.75, 3.05) is 13.1 Å². The van der Waals surface area contributed by atoms with Gasteiger partial charge in [0.25, 0.3) is 5.91 Å². The Morgan fingerprint density at radius 3 is 2.20 bits per heavy atom. The largest absolute Gasteiger partial charge is 0.632 e. The third-order valence-corrected chi connectivity index (χ3v) is 12.8. The van der Waals surface area contributed by atoms with Crippen LogP contribution in [0.15, 0.2) is 115 Å². The zero-order valence-corrected chi connectivity index (χ0v) is 33.7. The number of piperidine rings is 1. The van der Waals surface area contributed by atoms with Gasteiger partial charge in [-0.15, -0.1) is 0 Å². The van der Waals surface area contributed by atoms with Gasteiger partial charge < -0.3 is 35.2 Å². The number of fused-ring (bicyclic) bond motifs is 3. The first-order valence-corrected chi connectivity index (χ1v) is 21.3. The third-order valence-electron chi connectivity index (χ3n) is 12.8. The number of allylic oxidation sites excluding steroid dienone is 1. The zero-order valence-electron chi connectivity index (χ0n) is 33.7. The Bertz CT molecular complexity index is 2450. The van der Waals surface area contributed by atoms with E-state index in [9.17, 15) is 14.7 Å². The number of hydrogen-bond acceptors (Lipinski definition) is 8. The molecule has 4 aliphatic rings. The molecule has 1 unspecified atom stereocenters. The Hall–Kier alpha value is -5.97. The molecule has 0 radical (unpaired) electrons. The molecule has 3 aliphatic heterocycles. The molecule has 5 aromatic rings. The number of Topliss-reactive ketones (excluding diaryl/α,β-unsaturated/α-hetero) is 1. The summed E-state index contributed by atoms with van der Waals surface area (Å²) in [5.74, 6) is 2.28. The summed E-state index contributed by atoms with van der Waals surface area (Å²) >= 11 is 0. The van der Waals surface area contributed by atoms with Crippen LogP contribution in [-0.4, -0.2) is 54.4 Å². The van der Waals surface area contributed by atoms with Crippen molar-refractivity contribution in [2.45, 2.75) is 76.0 Å². The second kappa shape index (κ2) is 17.3. The molecule has 2 fully saturated rings. The molecule has 5 aromatic carbocycles. The number of rotatable bonds is 11. The van der Waals surface area contributed by atoms with Gasteiger partial charge in [0, 0.05) is 54.6 Å². The van der Waals surface area contributed by atoms with Crippen LogP contribution >= 0.6 is 0 Å². The van der Waals surface area contributed by atoms with Gasteiger partial charge in [-0.25, -0.2) is 0 Å². The quantitative estimate of drug-likeness (QED) is 0.0906. The molecule has 1 saturated heterocycles. The molecular weight excluding hydrogens is 749 g/mol. The van der Waals surface area contributed by atoms with Gasteiger partial charge >= 0.3 is 7.12 Å². The van der Waals surface area contributed by atoms with E-state index in [1.165, 1.54) is 23.4 Å². The minimum Gasteiger partial charge on any atom is -0.519 e. The van der Waals surface area contributed by atoms with E-state index < -0.39 is 13.4 Å². The molecule has 0 bridgehead atoms. The van der Waals surface area contributed by atoms with E-state index in [1.807, 2.05) is 59.5 Å². The first-order chi connectivity index (χ1) is 29.3. The summed E-state index contributed by atoms with van der Waals surface area (Å²) in [6.07, 6.45) is 8.46. The van der Waals surface area contributed by atoms with Gasteiger partial charge in [-0.1, -0.05) is 84.9 Å². The molecule has 0 aromatic heterocycles. The number of likely N-dealkylation sites (tertiary alicyclic amines) is 1. The molecule has 1 atom stereocenters. The van der Waals surface area contributed by atoms with Crippen molar-refractivity contribution in [1.29, 1.82) is 5.41 Å². The summed E-state index contributed by atoms with van der Waals surface area (Å²) in [5, 5.41) is 18.3. The number of ether oxygens (including phenoxy) is 1. The Balaban J connectivity index is 0.846. The number of carbonyl (C=O) groups is 2. The van der Waals surface area contributed by atoms with Gasteiger partial charge in [-0.2, -0.15) is 0 Å². The maximum absolute atomic E-state index is 13.9. The minimum absolute atomic E-state index is 0.0167. The van der Waals surface area contributed by atoms with Crippen molar-refractivity contribution >= 4 is 36.1 Å². The van der Waals surface area contributed by atoms with E-state index in [2.05, 4.69) is 48.5 Å². The molecule has 1 aliphatic carbocycles. The van der Waals surface area contributed by atoms with Crippen molar-refractivity contribution in [2.24, 2.45) is 11.7 Å². The van der Waals surface area contributed by atoms with Gasteiger partial charge in [-0.05, 0) is 126 Å². The second-order valence-electron chi connectivity index (χ2n) is 16.6. The maximum atomic E-state index is 13.9. The lowest BCUT2D eigenvalue weighted by molar-refractivity contribution is -0.115. The average Bonchev–Trinajstić information content (AvgIpc) is 3.75. The van der Waals surface area contributed by atoms with Gasteiger partial charge in [0.1, 0.15) is 5.75 Å². The number of aliphatic hydroxyl groups is 1. The number of ketones is 1. The number of nitrogens with two attached hydrogens (primary N) is 1. The highest BCUT2D eigenvalue weighted by Gasteiger charge is 2.40. The number of aliphatic hydroxyl groups excluding tert-OH is 1. The van der Waals surface area contributed by atoms with Gasteiger partial charge in [0.15, 0.2) is 17.3 Å². The summed E-state index contributed by atoms with van der Waals surface area (Å²) in [5.41, 5.74) is 15.1. The predicted octanol–water partition coefficient (Wildman–Crippen LogP) is 8.22. The van der Waals surface area contributed by atoms with E-state index in [0.29, 0.717) is 78.3 Å². The van der Waals surface area contributed by atoms with Crippen molar-refractivity contribution in [3.05, 3.63) is 149 Å². The third kappa shape index (κ3) is 8.27. The first-order valence-electron chi connectivity index (χ1n) is 21.3. The molecule has 304 valence electrons. The minimum atomic E-state index is -1.30. The topological polar surface area (TPSA) is 135 Å². The van der Waals surface area contributed by atoms with Crippen LogP contribution in [0.2, 0.25) is 0 Å². The van der Waals surface area contributed by atoms with E-state index in [-0.39, 0.29) is 17.6 Å². The van der Waals surface area contributed by atoms with Gasteiger partial charge in [0.2, 0.25) is 6.29 Å². The molecule has 1 saturated carbocycles. The number of nitrogens with zero attached hydrogens (tertiary/aromatic N) is 1. The number of amides is 1. The summed E-state index contributed by atoms with van der Waals surface area (Å²) in [4.78, 5) is 29.6. The Morgan fingerprint density at radius 2 is 1.45 bits per heavy atom. The zero-order chi connectivity index (χ0) is 41.2. The highest BCUT2D eigenvalue weighted by atomic mass is 16.7. The standard InChI is InChI=1S/C50H50BN3O6/c52-22-19-32-5-1-7-37(25-32)35-15-13-33(14-16-35)27-45(55)44-30-47(56)58-48-43(44)17-18-46-49(48)60-51(59-46)42-12-4-10-40(29-42)39-9-3-11-41(28-39)50(57)54-23-20-36(21-24-54)38-8-2-6-34(26-38)31-53/h1-12,17-18,22,25-26,28-30,33,35-36,47,52,56H,13-16,19-21,23-24,27,31,53H2. The SMILES string of the molecule is N=CCc1cccc(C2CCC(CC(=O)C3=CC(O)Oc4c3ccc3c4OB(c4cccc(-c5cccc(C(=O)N6CCC(c7cccc(CN)c7)CC6)c5)c4)O3)CC2)c1. The van der Waals surface area contributed by atoms with Crippen molar-refractivity contribution in [3.63, 3.8) is 0 Å². The van der Waals surface area contributed by atoms with Crippen molar-refractivity contribution < 1.29 is 28.7 Å². The molecule has 10 heteroatoms. The fourth-order valence-electron chi connectivity index (χ4n) is 9.52. The highest BCUT2D eigenvalue weighted by Crippen LogP contribution is 2.49. The lowest BCUT2D eigenvalue weighted by atomic mass is 9.76. The molecule has 4 N–H and O–H groups in total. The Labute approximate surface area is 351 Å². The second-order valence-corrected chi connectivity index (χ2v) is 16.6. The summed E-state index contributed by atoms with van der Waals surface area (Å²) in [6.45, 7) is 1.93. The predicted molar refractivity (Wildman–Crippen MR) is 235 cm³/mol. The molecule has 1 amide bonds. The van der Waals surface area contributed by atoms with Crippen LogP contribution in [-0.2, 0) is 17.8 Å². The number of hydrogen-bond donors (Lipinski definition) is 3. The molecule has 0 spiro atoms. The van der Waals surface area contributed by atoms with E-state index in [1.54, 1.807) is 6.07 Å². The molecule has 60 heavy (non-hydrogen) atoms. The summed E-state index contributed by atoms with van der Waals surface area (Å²) in [7, 11) is -0.783. The summed E-state index contributed by atoms with van der Waals surface area (Å²) in [6, 6.07) is 36.3. The van der Waals surface area contributed by atoms with E-state index >= 15 is 0 Å². The van der Waals surface area contributed by atoms with Crippen molar-refractivity contribution in [1.82, 2.24) is 4.90 Å². The van der Waals surface area contributed by atoms with Crippen molar-refractivity contribution in [3.8, 4) is 28.4 Å². The van der Waals surface area contributed by atoms with Crippen LogP contribution < -0.4 is 25.2 Å². The van der Waals surface area contributed by atoms with Crippen LogP contribution in [0.1, 0.15) is 95.0 Å². The molecular formula is C50H50BN3O6. The van der Waals surface area contributed by atoms with E-state index in [4.69, 9.17) is 25.2 Å². The van der Waals surface area contributed by atoms with E-state index in [0.717, 1.165) is 66.2 Å². The Kier molecular flexibility index (Phi) is 11.4. The van der Waals surface area contributed by atoms with Gasteiger partial charge in [-0.3, -0.25) is 9.59 Å². The van der Waals surface area contributed by atoms with Gasteiger partial charge in [0.05, 0.1) is 0 Å². The van der Waals surface area contributed by atoms with Crippen LogP contribution in [0.5, 0.6) is 17.2 Å². The fourth-order valence-corrected chi connectivity index (χ4v) is 9.52. The van der Waals surface area contributed by atoms with Crippen LogP contribution in [0.3, 0.4) is 0 Å². The van der Waals surface area contributed by atoms with Crippen LogP contribution in [0.4, 0.5) is 0 Å². The van der Waals surface area contributed by atoms with Crippen LogP contribution in [0, 0.1) is 11.3 Å². The smallest absolute Gasteiger partial charge is 0.519 e. The number of carbonyl (C=O) groups excluding carboxylic acids is 2. The lowest BCUT2D eigenvalue weighted by Gasteiger charge is -2.32. The number of benzene rings is 5. The molecule has 9 nitrogen and oxygen atoms in total. The monoisotopic (exact) mass is 799 g/mol. The maximum Gasteiger partial charge on any atom is 0.632 e. The lowest BCUT2D eigenvalue weighted by Crippen LogP contribution is -2.39. The Morgan fingerprint density at radius 1 is 0.767 bits per heavy atom. The fraction of sp³-hybridized carbons (Fsp3) is 0.300. The molecule has 3 heterocycles. The summed E-state index contributed by atoms with van der Waals surface area (Å²) < 4.78 is 18.6. The van der Waals surface area contributed by atoms with Crippen LogP contribution in [0.25, 0.3) is 16.7 Å².